The van der Waals surface area contributed by atoms with E-state index in [0.29, 0.717) is 5.56 Å². The molecule has 0 aliphatic rings. The summed E-state index contributed by atoms with van der Waals surface area (Å²) in [6, 6.07) is 12.8. The number of aryl methyl sites for hydroxylation is 1. The molecular weight excluding hydrogens is 449 g/mol. The Bertz CT molecular complexity index is 1300. The highest BCUT2D eigenvalue weighted by atomic mass is 35.5. The Morgan fingerprint density at radius 3 is 2.42 bits per heavy atom. The molecule has 1 amide bonds. The lowest BCUT2D eigenvalue weighted by atomic mass is 10.2. The number of carbonyl (C=O) groups excluding carboxylic acids is 1. The van der Waals surface area contributed by atoms with Crippen molar-refractivity contribution in [2.45, 2.75) is 11.8 Å². The topological polar surface area (TPSA) is 118 Å². The summed E-state index contributed by atoms with van der Waals surface area (Å²) in [6.45, 7) is 1.56. The van der Waals surface area contributed by atoms with Gasteiger partial charge >= 0.3 is 0 Å². The van der Waals surface area contributed by atoms with Crippen molar-refractivity contribution in [2.75, 3.05) is 10.0 Å². The fourth-order valence-corrected chi connectivity index (χ4v) is 3.99. The first-order valence-electron chi connectivity index (χ1n) is 8.72. The van der Waals surface area contributed by atoms with Gasteiger partial charge in [-0.25, -0.2) is 12.8 Å². The number of non-ortho nitro benzene ring substituents is 1. The molecule has 0 radical (unpaired) electrons. The smallest absolute Gasteiger partial charge is 0.271 e. The van der Waals surface area contributed by atoms with E-state index in [0.717, 1.165) is 24.3 Å². The van der Waals surface area contributed by atoms with Gasteiger partial charge in [-0.2, -0.15) is 0 Å². The number of anilines is 2. The Kier molecular flexibility index (Phi) is 6.23. The third-order valence-electron chi connectivity index (χ3n) is 4.29. The number of rotatable bonds is 6. The molecule has 3 rings (SSSR count). The van der Waals surface area contributed by atoms with Gasteiger partial charge in [-0.05, 0) is 42.8 Å². The Morgan fingerprint density at radius 2 is 1.77 bits per heavy atom. The molecule has 0 aliphatic carbocycles. The van der Waals surface area contributed by atoms with Gasteiger partial charge < -0.3 is 5.32 Å². The number of amides is 1. The van der Waals surface area contributed by atoms with Crippen molar-refractivity contribution in [3.05, 3.63) is 92.7 Å². The minimum absolute atomic E-state index is 0.00860. The Hall–Kier alpha value is -3.50. The average Bonchev–Trinajstić information content (AvgIpc) is 2.71. The number of hydrogen-bond acceptors (Lipinski definition) is 5. The number of nitrogens with one attached hydrogen (secondary N) is 2. The number of carbonyl (C=O) groups is 1. The van der Waals surface area contributed by atoms with E-state index in [1.54, 1.807) is 19.1 Å². The summed E-state index contributed by atoms with van der Waals surface area (Å²) >= 11 is 5.95. The van der Waals surface area contributed by atoms with Crippen LogP contribution in [0.3, 0.4) is 0 Å². The maximum absolute atomic E-state index is 14.5. The monoisotopic (exact) mass is 463 g/mol. The molecule has 0 fully saturated rings. The summed E-state index contributed by atoms with van der Waals surface area (Å²) in [6.07, 6.45) is 0. The van der Waals surface area contributed by atoms with Gasteiger partial charge in [0, 0.05) is 12.1 Å². The van der Waals surface area contributed by atoms with Crippen LogP contribution in [0.15, 0.2) is 65.6 Å². The summed E-state index contributed by atoms with van der Waals surface area (Å²) in [4.78, 5) is 22.1. The number of nitro groups is 1. The van der Waals surface area contributed by atoms with Gasteiger partial charge in [-0.3, -0.25) is 19.6 Å². The minimum Gasteiger partial charge on any atom is -0.319 e. The lowest BCUT2D eigenvalue weighted by Crippen LogP contribution is -2.16. The first-order valence-corrected chi connectivity index (χ1v) is 10.6. The molecule has 0 atom stereocenters. The van der Waals surface area contributed by atoms with Crippen LogP contribution in [0.25, 0.3) is 0 Å². The fourth-order valence-electron chi connectivity index (χ4n) is 2.64. The highest BCUT2D eigenvalue weighted by molar-refractivity contribution is 7.92. The molecule has 0 bridgehead atoms. The first kappa shape index (κ1) is 22.2. The first-order chi connectivity index (χ1) is 14.6. The average molecular weight is 464 g/mol. The molecular formula is C20H15ClFN3O5S. The van der Waals surface area contributed by atoms with Crippen molar-refractivity contribution >= 4 is 44.6 Å². The molecule has 0 saturated heterocycles. The van der Waals surface area contributed by atoms with E-state index in [9.17, 15) is 27.7 Å². The number of benzene rings is 3. The van der Waals surface area contributed by atoms with Gasteiger partial charge in [0.25, 0.3) is 21.6 Å². The van der Waals surface area contributed by atoms with E-state index in [1.165, 1.54) is 24.3 Å². The fraction of sp³-hybridized carbons (Fsp3) is 0.0500. The van der Waals surface area contributed by atoms with Crippen LogP contribution in [0.1, 0.15) is 15.9 Å². The lowest BCUT2D eigenvalue weighted by Gasteiger charge is -2.12. The molecule has 0 unspecified atom stereocenters. The molecule has 0 spiro atoms. The standard InChI is InChI=1S/C20H15ClFN3O5S/c1-12-6-7-13(25(27)28)10-19(12)24-31(29,30)14-8-9-18(17(22)11-14)23-20(26)15-4-2-3-5-16(15)21/h2-11,24H,1H3,(H,23,26). The highest BCUT2D eigenvalue weighted by Crippen LogP contribution is 2.26. The molecule has 0 heterocycles. The van der Waals surface area contributed by atoms with Crippen LogP contribution in [0.4, 0.5) is 21.5 Å². The van der Waals surface area contributed by atoms with Gasteiger partial charge in [0.15, 0.2) is 0 Å². The summed E-state index contributed by atoms with van der Waals surface area (Å²) in [5, 5.41) is 13.4. The molecule has 11 heteroatoms. The van der Waals surface area contributed by atoms with Crippen molar-refractivity contribution in [3.63, 3.8) is 0 Å². The summed E-state index contributed by atoms with van der Waals surface area (Å²) < 4.78 is 42.0. The van der Waals surface area contributed by atoms with E-state index in [-0.39, 0.29) is 27.6 Å². The molecule has 3 aromatic carbocycles. The predicted molar refractivity (Wildman–Crippen MR) is 114 cm³/mol. The molecule has 3 aromatic rings. The SMILES string of the molecule is Cc1ccc([N+](=O)[O-])cc1NS(=O)(=O)c1ccc(NC(=O)c2ccccc2Cl)c(F)c1. The van der Waals surface area contributed by atoms with Crippen molar-refractivity contribution in [2.24, 2.45) is 0 Å². The quantitative estimate of drug-likeness (QED) is 0.404. The van der Waals surface area contributed by atoms with Crippen molar-refractivity contribution in [1.29, 1.82) is 0 Å². The molecule has 8 nitrogen and oxygen atoms in total. The second-order valence-corrected chi connectivity index (χ2v) is 8.53. The van der Waals surface area contributed by atoms with Crippen LogP contribution in [0.2, 0.25) is 5.02 Å². The largest absolute Gasteiger partial charge is 0.319 e. The lowest BCUT2D eigenvalue weighted by molar-refractivity contribution is -0.384. The second-order valence-electron chi connectivity index (χ2n) is 6.44. The van der Waals surface area contributed by atoms with E-state index >= 15 is 0 Å². The molecule has 0 aromatic heterocycles. The van der Waals surface area contributed by atoms with Crippen molar-refractivity contribution in [1.82, 2.24) is 0 Å². The van der Waals surface area contributed by atoms with E-state index < -0.39 is 31.6 Å². The van der Waals surface area contributed by atoms with Crippen molar-refractivity contribution < 1.29 is 22.5 Å². The molecule has 160 valence electrons. The summed E-state index contributed by atoms with van der Waals surface area (Å²) in [7, 11) is -4.25. The van der Waals surface area contributed by atoms with Crippen LogP contribution in [0, 0.1) is 22.9 Å². The summed E-state index contributed by atoms with van der Waals surface area (Å²) in [5.74, 6) is -1.65. The van der Waals surface area contributed by atoms with Crippen LogP contribution in [-0.4, -0.2) is 19.2 Å². The second kappa shape index (κ2) is 8.70. The van der Waals surface area contributed by atoms with Gasteiger partial charge in [0.1, 0.15) is 5.82 Å². The van der Waals surface area contributed by atoms with E-state index in [1.807, 2.05) is 0 Å². The number of halogens is 2. The van der Waals surface area contributed by atoms with Gasteiger partial charge in [0.05, 0.1) is 31.8 Å². The third kappa shape index (κ3) is 4.98. The van der Waals surface area contributed by atoms with Crippen LogP contribution in [0.5, 0.6) is 0 Å². The van der Waals surface area contributed by atoms with E-state index in [4.69, 9.17) is 11.6 Å². The molecule has 0 saturated carbocycles. The minimum atomic E-state index is -4.25. The van der Waals surface area contributed by atoms with Crippen LogP contribution >= 0.6 is 11.6 Å². The van der Waals surface area contributed by atoms with E-state index in [2.05, 4.69) is 10.0 Å². The zero-order valence-electron chi connectivity index (χ0n) is 15.9. The zero-order valence-corrected chi connectivity index (χ0v) is 17.5. The van der Waals surface area contributed by atoms with Crippen LogP contribution in [-0.2, 0) is 10.0 Å². The zero-order chi connectivity index (χ0) is 22.8. The maximum atomic E-state index is 14.5. The number of sulfonamides is 1. The summed E-state index contributed by atoms with van der Waals surface area (Å²) in [5.41, 5.74) is 0.0227. The Morgan fingerprint density at radius 1 is 1.06 bits per heavy atom. The van der Waals surface area contributed by atoms with Crippen molar-refractivity contribution in [3.8, 4) is 0 Å². The third-order valence-corrected chi connectivity index (χ3v) is 5.99. The highest BCUT2D eigenvalue weighted by Gasteiger charge is 2.20. The normalized spacial score (nSPS) is 11.1. The predicted octanol–water partition coefficient (Wildman–Crippen LogP) is 4.75. The number of hydrogen-bond donors (Lipinski definition) is 2. The van der Waals surface area contributed by atoms with Gasteiger partial charge in [0.2, 0.25) is 0 Å². The number of nitro benzene ring substituents is 1. The van der Waals surface area contributed by atoms with Crippen LogP contribution < -0.4 is 10.0 Å². The maximum Gasteiger partial charge on any atom is 0.271 e. The Balaban J connectivity index is 1.85. The molecule has 0 aliphatic heterocycles. The van der Waals surface area contributed by atoms with Gasteiger partial charge in [-0.15, -0.1) is 0 Å². The Labute approximate surface area is 181 Å². The number of nitrogens with zero attached hydrogens (tertiary/aromatic N) is 1. The molecule has 31 heavy (non-hydrogen) atoms. The molecule has 2 N–H and O–H groups in total. The van der Waals surface area contributed by atoms with Gasteiger partial charge in [-0.1, -0.05) is 29.8 Å².